The van der Waals surface area contributed by atoms with E-state index in [4.69, 9.17) is 27.9 Å². The zero-order valence-corrected chi connectivity index (χ0v) is 14.6. The molecule has 4 nitrogen and oxygen atoms in total. The molecule has 0 atom stereocenters. The molecule has 126 valence electrons. The SMILES string of the molecule is O=C(NCCCCc1ccccc1)N1COc2cc(Cl)c(Cl)cc21. The first kappa shape index (κ1) is 16.9. The van der Waals surface area contributed by atoms with Crippen LogP contribution in [-0.4, -0.2) is 19.3 Å². The summed E-state index contributed by atoms with van der Waals surface area (Å²) >= 11 is 12.0. The van der Waals surface area contributed by atoms with Crippen molar-refractivity contribution in [1.82, 2.24) is 5.32 Å². The smallest absolute Gasteiger partial charge is 0.324 e. The summed E-state index contributed by atoms with van der Waals surface area (Å²) in [7, 11) is 0. The van der Waals surface area contributed by atoms with Gasteiger partial charge in [0.05, 0.1) is 15.7 Å². The van der Waals surface area contributed by atoms with Gasteiger partial charge in [0.25, 0.3) is 0 Å². The summed E-state index contributed by atoms with van der Waals surface area (Å²) in [5, 5.41) is 3.74. The van der Waals surface area contributed by atoms with E-state index in [1.165, 1.54) is 10.5 Å². The van der Waals surface area contributed by atoms with Crippen LogP contribution in [0.1, 0.15) is 18.4 Å². The molecule has 0 fully saturated rings. The normalized spacial score (nSPS) is 12.7. The molecule has 0 spiro atoms. The number of benzene rings is 2. The fraction of sp³-hybridized carbons (Fsp3) is 0.278. The van der Waals surface area contributed by atoms with Gasteiger partial charge in [-0.2, -0.15) is 0 Å². The molecule has 0 radical (unpaired) electrons. The second-order valence-corrected chi connectivity index (χ2v) is 6.42. The van der Waals surface area contributed by atoms with E-state index in [1.807, 2.05) is 18.2 Å². The number of rotatable bonds is 5. The maximum atomic E-state index is 12.3. The first-order chi connectivity index (χ1) is 11.6. The molecule has 0 unspecified atom stereocenters. The van der Waals surface area contributed by atoms with E-state index in [0.717, 1.165) is 19.3 Å². The van der Waals surface area contributed by atoms with Crippen LogP contribution in [0.15, 0.2) is 42.5 Å². The highest BCUT2D eigenvalue weighted by Gasteiger charge is 2.27. The van der Waals surface area contributed by atoms with Gasteiger partial charge in [-0.1, -0.05) is 53.5 Å². The second kappa shape index (κ2) is 7.77. The summed E-state index contributed by atoms with van der Waals surface area (Å²) in [5.74, 6) is 0.573. The molecule has 2 aromatic carbocycles. The zero-order chi connectivity index (χ0) is 16.9. The van der Waals surface area contributed by atoms with Crippen molar-refractivity contribution in [1.29, 1.82) is 0 Å². The molecule has 0 saturated heterocycles. The van der Waals surface area contributed by atoms with Crippen LogP contribution in [0.5, 0.6) is 5.75 Å². The first-order valence-electron chi connectivity index (χ1n) is 7.86. The molecule has 2 amide bonds. The van der Waals surface area contributed by atoms with Gasteiger partial charge in [0.15, 0.2) is 6.73 Å². The van der Waals surface area contributed by atoms with Crippen molar-refractivity contribution in [3.8, 4) is 5.75 Å². The topological polar surface area (TPSA) is 41.6 Å². The van der Waals surface area contributed by atoms with Gasteiger partial charge < -0.3 is 10.1 Å². The molecule has 2 aromatic rings. The summed E-state index contributed by atoms with van der Waals surface area (Å²) in [4.78, 5) is 13.8. The Morgan fingerprint density at radius 2 is 1.88 bits per heavy atom. The van der Waals surface area contributed by atoms with Crippen molar-refractivity contribution in [2.24, 2.45) is 0 Å². The molecule has 6 heteroatoms. The maximum absolute atomic E-state index is 12.3. The molecule has 0 aliphatic carbocycles. The number of hydrogen-bond donors (Lipinski definition) is 1. The van der Waals surface area contributed by atoms with Crippen LogP contribution in [0, 0.1) is 0 Å². The molecule has 1 heterocycles. The molecular formula is C18H18Cl2N2O2. The minimum atomic E-state index is -0.188. The van der Waals surface area contributed by atoms with Crippen LogP contribution < -0.4 is 15.0 Å². The molecule has 0 aromatic heterocycles. The highest BCUT2D eigenvalue weighted by Crippen LogP contribution is 2.40. The Hall–Kier alpha value is -1.91. The van der Waals surface area contributed by atoms with E-state index < -0.39 is 0 Å². The van der Waals surface area contributed by atoms with E-state index in [-0.39, 0.29) is 12.8 Å². The zero-order valence-electron chi connectivity index (χ0n) is 13.1. The molecule has 3 rings (SSSR count). The summed E-state index contributed by atoms with van der Waals surface area (Å²) in [6.07, 6.45) is 2.96. The van der Waals surface area contributed by atoms with Gasteiger partial charge in [-0.25, -0.2) is 4.79 Å². The summed E-state index contributed by atoms with van der Waals surface area (Å²) in [5.41, 5.74) is 1.96. The van der Waals surface area contributed by atoms with Gasteiger partial charge >= 0.3 is 6.03 Å². The van der Waals surface area contributed by atoms with Crippen molar-refractivity contribution in [3.05, 3.63) is 58.1 Å². The highest BCUT2D eigenvalue weighted by molar-refractivity contribution is 6.42. The number of carbonyl (C=O) groups is 1. The molecule has 24 heavy (non-hydrogen) atoms. The lowest BCUT2D eigenvalue weighted by Crippen LogP contribution is -2.40. The van der Waals surface area contributed by atoms with E-state index >= 15 is 0 Å². The van der Waals surface area contributed by atoms with Crippen LogP contribution in [0.25, 0.3) is 0 Å². The van der Waals surface area contributed by atoms with Crippen LogP contribution in [0.3, 0.4) is 0 Å². The number of amides is 2. The van der Waals surface area contributed by atoms with Gasteiger partial charge in [0.2, 0.25) is 0 Å². The predicted octanol–water partition coefficient (Wildman–Crippen LogP) is 4.88. The maximum Gasteiger partial charge on any atom is 0.324 e. The third kappa shape index (κ3) is 3.94. The molecule has 1 aliphatic rings. The van der Waals surface area contributed by atoms with Crippen LogP contribution in [-0.2, 0) is 6.42 Å². The average Bonchev–Trinajstić information content (AvgIpc) is 2.98. The fourth-order valence-corrected chi connectivity index (χ4v) is 2.92. The van der Waals surface area contributed by atoms with Crippen molar-refractivity contribution >= 4 is 34.9 Å². The van der Waals surface area contributed by atoms with E-state index in [1.54, 1.807) is 12.1 Å². The van der Waals surface area contributed by atoms with Crippen molar-refractivity contribution in [2.45, 2.75) is 19.3 Å². The number of aryl methyl sites for hydroxylation is 1. The molecule has 1 aliphatic heterocycles. The Kier molecular flexibility index (Phi) is 5.48. The van der Waals surface area contributed by atoms with Gasteiger partial charge in [0.1, 0.15) is 5.75 Å². The first-order valence-corrected chi connectivity index (χ1v) is 8.62. The minimum absolute atomic E-state index is 0.169. The second-order valence-electron chi connectivity index (χ2n) is 5.61. The Balaban J connectivity index is 1.46. The number of hydrogen-bond acceptors (Lipinski definition) is 2. The third-order valence-corrected chi connectivity index (χ3v) is 4.62. The predicted molar refractivity (Wildman–Crippen MR) is 97.2 cm³/mol. The van der Waals surface area contributed by atoms with Gasteiger partial charge in [-0.15, -0.1) is 0 Å². The number of fused-ring (bicyclic) bond motifs is 1. The standard InChI is InChI=1S/C18H18Cl2N2O2/c19-14-10-16-17(11-15(14)20)24-12-22(16)18(23)21-9-5-4-8-13-6-2-1-3-7-13/h1-3,6-7,10-11H,4-5,8-9,12H2,(H,21,23). The lowest BCUT2D eigenvalue weighted by Gasteiger charge is -2.15. The number of unbranched alkanes of at least 4 members (excludes halogenated alkanes) is 1. The molecular weight excluding hydrogens is 347 g/mol. The Morgan fingerprint density at radius 1 is 1.12 bits per heavy atom. The number of halogens is 2. The van der Waals surface area contributed by atoms with Gasteiger partial charge in [-0.3, -0.25) is 4.90 Å². The monoisotopic (exact) mass is 364 g/mol. The largest absolute Gasteiger partial charge is 0.470 e. The van der Waals surface area contributed by atoms with E-state index in [2.05, 4.69) is 17.4 Å². The molecule has 0 bridgehead atoms. The molecule has 0 saturated carbocycles. The minimum Gasteiger partial charge on any atom is -0.470 e. The summed E-state index contributed by atoms with van der Waals surface area (Å²) in [6.45, 7) is 0.792. The Bertz CT molecular complexity index is 722. The quantitative estimate of drug-likeness (QED) is 0.767. The third-order valence-electron chi connectivity index (χ3n) is 3.90. The fourth-order valence-electron chi connectivity index (χ4n) is 2.61. The van der Waals surface area contributed by atoms with Crippen LogP contribution in [0.2, 0.25) is 10.0 Å². The number of anilines is 1. The van der Waals surface area contributed by atoms with Crippen molar-refractivity contribution in [2.75, 3.05) is 18.2 Å². The van der Waals surface area contributed by atoms with Gasteiger partial charge in [-0.05, 0) is 30.9 Å². The number of urea groups is 1. The van der Waals surface area contributed by atoms with Gasteiger partial charge in [0, 0.05) is 12.6 Å². The van der Waals surface area contributed by atoms with Crippen molar-refractivity contribution < 1.29 is 9.53 Å². The van der Waals surface area contributed by atoms with E-state index in [9.17, 15) is 4.79 Å². The summed E-state index contributed by atoms with van der Waals surface area (Å²) < 4.78 is 5.48. The molecule has 1 N–H and O–H groups in total. The van der Waals surface area contributed by atoms with Crippen LogP contribution >= 0.6 is 23.2 Å². The van der Waals surface area contributed by atoms with Crippen LogP contribution in [0.4, 0.5) is 10.5 Å². The highest BCUT2D eigenvalue weighted by atomic mass is 35.5. The summed E-state index contributed by atoms with van der Waals surface area (Å²) in [6, 6.07) is 13.4. The lowest BCUT2D eigenvalue weighted by molar-refractivity contribution is 0.241. The number of nitrogens with one attached hydrogen (secondary N) is 1. The van der Waals surface area contributed by atoms with E-state index in [0.29, 0.717) is 28.0 Å². The Labute approximate surface area is 151 Å². The lowest BCUT2D eigenvalue weighted by atomic mass is 10.1. The number of ether oxygens (including phenoxy) is 1. The Morgan fingerprint density at radius 3 is 2.67 bits per heavy atom. The van der Waals surface area contributed by atoms with Crippen molar-refractivity contribution in [3.63, 3.8) is 0 Å². The number of nitrogens with zero attached hydrogens (tertiary/aromatic N) is 1. The average molecular weight is 365 g/mol. The number of carbonyl (C=O) groups excluding carboxylic acids is 1.